The highest BCUT2D eigenvalue weighted by molar-refractivity contribution is 9.10. The number of hydrogen-bond acceptors (Lipinski definition) is 1. The molecule has 0 N–H and O–H groups in total. The zero-order chi connectivity index (χ0) is 10.7. The predicted molar refractivity (Wildman–Crippen MR) is 69.7 cm³/mol. The highest BCUT2D eigenvalue weighted by Crippen LogP contribution is 2.36. The third-order valence-corrected chi connectivity index (χ3v) is 4.44. The van der Waals surface area contributed by atoms with E-state index in [0.29, 0.717) is 0 Å². The molecule has 15 heavy (non-hydrogen) atoms. The summed E-state index contributed by atoms with van der Waals surface area (Å²) in [4.78, 5) is 2.25. The largest absolute Gasteiger partial charge is 0.0873 e. The van der Waals surface area contributed by atoms with Crippen LogP contribution in [0.1, 0.15) is 0 Å². The first kappa shape index (κ1) is 11.1. The Morgan fingerprint density at radius 1 is 0.867 bits per heavy atom. The van der Waals surface area contributed by atoms with Crippen molar-refractivity contribution in [1.82, 2.24) is 0 Å². The zero-order valence-electron chi connectivity index (χ0n) is 7.78. The lowest BCUT2D eigenvalue weighted by Gasteiger charge is -2.05. The topological polar surface area (TPSA) is 0 Å². The van der Waals surface area contributed by atoms with Crippen LogP contribution in [0.2, 0.25) is 5.02 Å². The van der Waals surface area contributed by atoms with Crippen LogP contribution in [-0.2, 0) is 0 Å². The van der Waals surface area contributed by atoms with Crippen molar-refractivity contribution >= 4 is 39.3 Å². The van der Waals surface area contributed by atoms with E-state index in [1.54, 1.807) is 11.8 Å². The zero-order valence-corrected chi connectivity index (χ0v) is 10.9. The lowest BCUT2D eigenvalue weighted by atomic mass is 10.4. The molecule has 0 unspecified atom stereocenters. The van der Waals surface area contributed by atoms with E-state index in [9.17, 15) is 0 Å². The average Bonchev–Trinajstić information content (AvgIpc) is 2.24. The Kier molecular flexibility index (Phi) is 3.73. The van der Waals surface area contributed by atoms with Crippen LogP contribution in [0.5, 0.6) is 0 Å². The summed E-state index contributed by atoms with van der Waals surface area (Å²) in [5, 5.41) is 0.790. The van der Waals surface area contributed by atoms with E-state index in [4.69, 9.17) is 11.6 Å². The van der Waals surface area contributed by atoms with Crippen LogP contribution in [0.25, 0.3) is 0 Å². The van der Waals surface area contributed by atoms with Crippen LogP contribution in [0.4, 0.5) is 0 Å². The molecule has 0 radical (unpaired) electrons. The molecule has 0 fully saturated rings. The van der Waals surface area contributed by atoms with Crippen LogP contribution < -0.4 is 0 Å². The Balaban J connectivity index is 2.30. The second-order valence-corrected chi connectivity index (χ2v) is 5.31. The van der Waals surface area contributed by atoms with Gasteiger partial charge in [-0.3, -0.25) is 0 Å². The van der Waals surface area contributed by atoms with Crippen molar-refractivity contribution < 1.29 is 0 Å². The summed E-state index contributed by atoms with van der Waals surface area (Å²) >= 11 is 11.3. The van der Waals surface area contributed by atoms with E-state index in [1.807, 2.05) is 42.5 Å². The van der Waals surface area contributed by atoms with Crippen molar-refractivity contribution in [3.63, 3.8) is 0 Å². The fraction of sp³-hybridized carbons (Fsp3) is 0. The molecule has 0 saturated heterocycles. The SMILES string of the molecule is Clc1ccccc1Sc1ccccc1Br. The summed E-state index contributed by atoms with van der Waals surface area (Å²) in [7, 11) is 0. The molecule has 0 saturated carbocycles. The highest BCUT2D eigenvalue weighted by atomic mass is 79.9. The van der Waals surface area contributed by atoms with Gasteiger partial charge in [0.1, 0.15) is 0 Å². The molecule has 0 amide bonds. The fourth-order valence-electron chi connectivity index (χ4n) is 1.17. The van der Waals surface area contributed by atoms with Gasteiger partial charge in [-0.2, -0.15) is 0 Å². The summed E-state index contributed by atoms with van der Waals surface area (Å²) in [6.45, 7) is 0. The van der Waals surface area contributed by atoms with E-state index in [2.05, 4.69) is 22.0 Å². The first-order valence-electron chi connectivity index (χ1n) is 4.44. The molecule has 0 bridgehead atoms. The van der Waals surface area contributed by atoms with Gasteiger partial charge in [-0.1, -0.05) is 47.6 Å². The third-order valence-electron chi connectivity index (χ3n) is 1.89. The van der Waals surface area contributed by atoms with Crippen molar-refractivity contribution in [1.29, 1.82) is 0 Å². The summed E-state index contributed by atoms with van der Waals surface area (Å²) in [5.74, 6) is 0. The Bertz CT molecular complexity index is 427. The minimum atomic E-state index is 0.790. The monoisotopic (exact) mass is 298 g/mol. The average molecular weight is 300 g/mol. The molecular formula is C12H8BrClS. The third kappa shape index (κ3) is 2.77. The van der Waals surface area contributed by atoms with Crippen molar-refractivity contribution in [2.75, 3.05) is 0 Å². The quantitative estimate of drug-likeness (QED) is 0.729. The molecule has 2 aromatic carbocycles. The van der Waals surface area contributed by atoms with E-state index >= 15 is 0 Å². The minimum Gasteiger partial charge on any atom is -0.0873 e. The molecular weight excluding hydrogens is 292 g/mol. The first-order chi connectivity index (χ1) is 7.27. The van der Waals surface area contributed by atoms with E-state index in [-0.39, 0.29) is 0 Å². The molecule has 0 aliphatic heterocycles. The predicted octanol–water partition coefficient (Wildman–Crippen LogP) is 5.25. The molecule has 0 aliphatic carbocycles. The van der Waals surface area contributed by atoms with Crippen molar-refractivity contribution in [3.8, 4) is 0 Å². The van der Waals surface area contributed by atoms with Crippen LogP contribution in [0, 0.1) is 0 Å². The Morgan fingerprint density at radius 3 is 2.13 bits per heavy atom. The van der Waals surface area contributed by atoms with E-state index in [1.165, 1.54) is 4.90 Å². The number of hydrogen-bond donors (Lipinski definition) is 0. The number of rotatable bonds is 2. The van der Waals surface area contributed by atoms with Crippen molar-refractivity contribution in [2.24, 2.45) is 0 Å². The fourth-order valence-corrected chi connectivity index (χ4v) is 2.81. The maximum absolute atomic E-state index is 6.09. The van der Waals surface area contributed by atoms with Crippen LogP contribution in [0.15, 0.2) is 62.8 Å². The van der Waals surface area contributed by atoms with Gasteiger partial charge in [-0.05, 0) is 40.2 Å². The maximum Gasteiger partial charge on any atom is 0.0545 e. The molecule has 2 aromatic rings. The summed E-state index contributed by atoms with van der Waals surface area (Å²) in [6, 6.07) is 16.0. The molecule has 3 heteroatoms. The maximum atomic E-state index is 6.09. The van der Waals surface area contributed by atoms with Gasteiger partial charge in [0.05, 0.1) is 5.02 Å². The summed E-state index contributed by atoms with van der Waals surface area (Å²) in [6.07, 6.45) is 0. The van der Waals surface area contributed by atoms with Gasteiger partial charge in [-0.25, -0.2) is 0 Å². The second-order valence-electron chi connectivity index (χ2n) is 2.96. The molecule has 0 nitrogen and oxygen atoms in total. The van der Waals surface area contributed by atoms with Crippen molar-refractivity contribution in [2.45, 2.75) is 9.79 Å². The first-order valence-corrected chi connectivity index (χ1v) is 6.43. The van der Waals surface area contributed by atoms with Crippen LogP contribution >= 0.6 is 39.3 Å². The van der Waals surface area contributed by atoms with Gasteiger partial charge in [0.25, 0.3) is 0 Å². The molecule has 0 heterocycles. The Hall–Kier alpha value is -0.440. The molecule has 0 aromatic heterocycles. The smallest absolute Gasteiger partial charge is 0.0545 e. The van der Waals surface area contributed by atoms with Gasteiger partial charge in [-0.15, -0.1) is 0 Å². The van der Waals surface area contributed by atoms with E-state index < -0.39 is 0 Å². The molecule has 2 rings (SSSR count). The van der Waals surface area contributed by atoms with Gasteiger partial charge in [0, 0.05) is 14.3 Å². The van der Waals surface area contributed by atoms with Gasteiger partial charge < -0.3 is 0 Å². The number of benzene rings is 2. The van der Waals surface area contributed by atoms with Crippen LogP contribution in [-0.4, -0.2) is 0 Å². The van der Waals surface area contributed by atoms with Gasteiger partial charge in [0.15, 0.2) is 0 Å². The Labute approximate surface area is 107 Å². The van der Waals surface area contributed by atoms with Crippen molar-refractivity contribution in [3.05, 3.63) is 58.0 Å². The Morgan fingerprint density at radius 2 is 1.47 bits per heavy atom. The van der Waals surface area contributed by atoms with Crippen LogP contribution in [0.3, 0.4) is 0 Å². The van der Waals surface area contributed by atoms with Gasteiger partial charge in [0.2, 0.25) is 0 Å². The minimum absolute atomic E-state index is 0.790. The normalized spacial score (nSPS) is 10.3. The summed E-state index contributed by atoms with van der Waals surface area (Å²) < 4.78 is 1.09. The summed E-state index contributed by atoms with van der Waals surface area (Å²) in [5.41, 5.74) is 0. The highest BCUT2D eigenvalue weighted by Gasteiger charge is 2.03. The van der Waals surface area contributed by atoms with Gasteiger partial charge >= 0.3 is 0 Å². The number of halogens is 2. The van der Waals surface area contributed by atoms with E-state index in [0.717, 1.165) is 14.4 Å². The lowest BCUT2D eigenvalue weighted by molar-refractivity contribution is 1.37. The molecule has 0 atom stereocenters. The molecule has 0 aliphatic rings. The second kappa shape index (κ2) is 5.06. The standard InChI is InChI=1S/C12H8BrClS/c13-9-5-1-3-7-11(9)15-12-8-4-2-6-10(12)14/h1-8H. The lowest BCUT2D eigenvalue weighted by Crippen LogP contribution is -1.76. The molecule has 0 spiro atoms. The molecule has 76 valence electrons.